The Morgan fingerprint density at radius 3 is 1.57 bits per heavy atom. The molecule has 13 aromatic rings. The zero-order valence-corrected chi connectivity index (χ0v) is 39.0. The molecule has 2 aromatic heterocycles. The van der Waals surface area contributed by atoms with Crippen molar-refractivity contribution in [1.29, 1.82) is 0 Å². The Labute approximate surface area is 411 Å². The van der Waals surface area contributed by atoms with E-state index < -0.39 is 5.41 Å². The third-order valence-electron chi connectivity index (χ3n) is 14.7. The standard InChI is InChI=1S/C67H44N2S/c1-3-19-48(20-4-1)67(49-21-5-2-6-22-49)61-29-11-7-23-55(61)60-44-53(41-42-62(60)67)68(51-37-39-52(40-38-51)69-63-30-12-8-24-56(63)57-25-9-13-31-64(57)69)50-35-33-45(34-36-50)46-17-15-18-47(43-46)54-27-16-28-59-58-26-10-14-32-65(58)70-66(54)59/h1-44H. The van der Waals surface area contributed by atoms with Crippen LogP contribution in [0.3, 0.4) is 0 Å². The molecule has 14 rings (SSSR count). The smallest absolute Gasteiger partial charge is 0.0713 e. The Kier molecular flexibility index (Phi) is 9.33. The van der Waals surface area contributed by atoms with E-state index in [1.807, 2.05) is 11.3 Å². The highest BCUT2D eigenvalue weighted by Gasteiger charge is 2.46. The first kappa shape index (κ1) is 40.3. The van der Waals surface area contributed by atoms with Crippen molar-refractivity contribution < 1.29 is 0 Å². The first-order chi connectivity index (χ1) is 34.7. The summed E-state index contributed by atoms with van der Waals surface area (Å²) < 4.78 is 5.04. The van der Waals surface area contributed by atoms with Crippen LogP contribution in [0.1, 0.15) is 22.3 Å². The van der Waals surface area contributed by atoms with Crippen LogP contribution in [0.4, 0.5) is 17.1 Å². The summed E-state index contributed by atoms with van der Waals surface area (Å²) in [6, 6.07) is 98.4. The summed E-state index contributed by atoms with van der Waals surface area (Å²) in [5.41, 5.74) is 18.8. The lowest BCUT2D eigenvalue weighted by Crippen LogP contribution is -2.28. The Hall–Kier alpha value is -8.76. The number of hydrogen-bond acceptors (Lipinski definition) is 2. The summed E-state index contributed by atoms with van der Waals surface area (Å²) >= 11 is 1.88. The van der Waals surface area contributed by atoms with Crippen LogP contribution in [-0.2, 0) is 5.41 Å². The van der Waals surface area contributed by atoms with Gasteiger partial charge in [-0.2, -0.15) is 0 Å². The molecular formula is C67H44N2S. The van der Waals surface area contributed by atoms with Gasteiger partial charge < -0.3 is 9.47 Å². The molecular weight excluding hydrogens is 865 g/mol. The van der Waals surface area contributed by atoms with E-state index in [0.717, 1.165) is 22.7 Å². The number of anilines is 3. The van der Waals surface area contributed by atoms with E-state index in [1.54, 1.807) is 0 Å². The highest BCUT2D eigenvalue weighted by Crippen LogP contribution is 2.57. The lowest BCUT2D eigenvalue weighted by Gasteiger charge is -2.34. The molecule has 328 valence electrons. The number of thiophene rings is 1. The van der Waals surface area contributed by atoms with Crippen molar-refractivity contribution in [1.82, 2.24) is 4.57 Å². The van der Waals surface area contributed by atoms with Gasteiger partial charge in [-0.05, 0) is 128 Å². The van der Waals surface area contributed by atoms with Crippen molar-refractivity contribution in [3.63, 3.8) is 0 Å². The van der Waals surface area contributed by atoms with Gasteiger partial charge in [-0.3, -0.25) is 0 Å². The van der Waals surface area contributed by atoms with Crippen LogP contribution in [0.15, 0.2) is 267 Å². The molecule has 0 unspecified atom stereocenters. The van der Waals surface area contributed by atoms with E-state index in [1.165, 1.54) is 97.6 Å². The fraction of sp³-hybridized carbons (Fsp3) is 0.0149. The normalized spacial score (nSPS) is 12.7. The number of benzene rings is 11. The molecule has 0 spiro atoms. The Bertz CT molecular complexity index is 4020. The van der Waals surface area contributed by atoms with Gasteiger partial charge in [0.25, 0.3) is 0 Å². The largest absolute Gasteiger partial charge is 0.310 e. The number of rotatable bonds is 8. The molecule has 0 radical (unpaired) electrons. The Balaban J connectivity index is 0.912. The minimum atomic E-state index is -0.472. The summed E-state index contributed by atoms with van der Waals surface area (Å²) in [5, 5.41) is 5.15. The SMILES string of the molecule is c1ccc(C2(c3ccccc3)c3ccccc3-c3cc(N(c4ccc(-c5cccc(-c6cccc7c6sc6ccccc67)c5)cc4)c4ccc(-n5c6ccccc6c6ccccc65)cc4)ccc32)cc1. The summed E-state index contributed by atoms with van der Waals surface area (Å²) in [6.45, 7) is 0. The summed E-state index contributed by atoms with van der Waals surface area (Å²) in [6.07, 6.45) is 0. The quantitative estimate of drug-likeness (QED) is 0.147. The lowest BCUT2D eigenvalue weighted by molar-refractivity contribution is 0.768. The van der Waals surface area contributed by atoms with Crippen LogP contribution in [0.2, 0.25) is 0 Å². The van der Waals surface area contributed by atoms with E-state index in [-0.39, 0.29) is 0 Å². The molecule has 0 amide bonds. The number of nitrogens with zero attached hydrogens (tertiary/aromatic N) is 2. The maximum absolute atomic E-state index is 2.43. The van der Waals surface area contributed by atoms with Crippen LogP contribution < -0.4 is 4.90 Å². The fourth-order valence-electron chi connectivity index (χ4n) is 11.6. The maximum Gasteiger partial charge on any atom is 0.0713 e. The predicted octanol–water partition coefficient (Wildman–Crippen LogP) is 18.3. The Morgan fingerprint density at radius 2 is 0.857 bits per heavy atom. The molecule has 2 nitrogen and oxygen atoms in total. The van der Waals surface area contributed by atoms with Crippen LogP contribution >= 0.6 is 11.3 Å². The van der Waals surface area contributed by atoms with Crippen molar-refractivity contribution in [3.8, 4) is 39.1 Å². The van der Waals surface area contributed by atoms with Gasteiger partial charge in [-0.25, -0.2) is 0 Å². The number of fused-ring (bicyclic) bond motifs is 9. The maximum atomic E-state index is 2.43. The van der Waals surface area contributed by atoms with E-state index in [4.69, 9.17) is 0 Å². The third-order valence-corrected chi connectivity index (χ3v) is 15.9. The van der Waals surface area contributed by atoms with E-state index in [2.05, 4.69) is 276 Å². The number of aromatic nitrogens is 1. The first-order valence-corrected chi connectivity index (χ1v) is 24.9. The molecule has 3 heteroatoms. The van der Waals surface area contributed by atoms with Crippen molar-refractivity contribution in [3.05, 3.63) is 289 Å². The molecule has 0 fully saturated rings. The van der Waals surface area contributed by atoms with E-state index in [0.29, 0.717) is 0 Å². The van der Waals surface area contributed by atoms with Crippen LogP contribution in [0.25, 0.3) is 81.0 Å². The van der Waals surface area contributed by atoms with Gasteiger partial charge in [-0.15, -0.1) is 11.3 Å². The van der Waals surface area contributed by atoms with Crippen LogP contribution in [0.5, 0.6) is 0 Å². The zero-order valence-electron chi connectivity index (χ0n) is 38.2. The minimum absolute atomic E-state index is 0.472. The monoisotopic (exact) mass is 908 g/mol. The van der Waals surface area contributed by atoms with Crippen LogP contribution in [-0.4, -0.2) is 4.57 Å². The average molecular weight is 909 g/mol. The molecule has 11 aromatic carbocycles. The van der Waals surface area contributed by atoms with Gasteiger partial charge in [0.2, 0.25) is 0 Å². The summed E-state index contributed by atoms with van der Waals surface area (Å²) in [4.78, 5) is 2.42. The average Bonchev–Trinajstić information content (AvgIpc) is 4.09. The van der Waals surface area contributed by atoms with E-state index >= 15 is 0 Å². The summed E-state index contributed by atoms with van der Waals surface area (Å²) in [5.74, 6) is 0. The van der Waals surface area contributed by atoms with Gasteiger partial charge in [0.15, 0.2) is 0 Å². The molecule has 0 aliphatic heterocycles. The molecule has 0 N–H and O–H groups in total. The van der Waals surface area contributed by atoms with Crippen LogP contribution in [0, 0.1) is 0 Å². The number of hydrogen-bond donors (Lipinski definition) is 0. The second-order valence-corrected chi connectivity index (χ2v) is 19.4. The molecule has 2 heterocycles. The lowest BCUT2D eigenvalue weighted by atomic mass is 9.68. The third kappa shape index (κ3) is 6.19. The second-order valence-electron chi connectivity index (χ2n) is 18.4. The molecule has 70 heavy (non-hydrogen) atoms. The van der Waals surface area contributed by atoms with Crippen molar-refractivity contribution in [2.45, 2.75) is 5.41 Å². The zero-order chi connectivity index (χ0) is 46.2. The topological polar surface area (TPSA) is 8.17 Å². The van der Waals surface area contributed by atoms with Gasteiger partial charge in [0, 0.05) is 53.7 Å². The molecule has 0 bridgehead atoms. The molecule has 0 atom stereocenters. The molecule has 1 aliphatic carbocycles. The molecule has 1 aliphatic rings. The van der Waals surface area contributed by atoms with Crippen molar-refractivity contribution in [2.75, 3.05) is 4.90 Å². The number of para-hydroxylation sites is 2. The molecule has 0 saturated carbocycles. The first-order valence-electron chi connectivity index (χ1n) is 24.1. The summed E-state index contributed by atoms with van der Waals surface area (Å²) in [7, 11) is 0. The predicted molar refractivity (Wildman–Crippen MR) is 297 cm³/mol. The highest BCUT2D eigenvalue weighted by molar-refractivity contribution is 7.26. The van der Waals surface area contributed by atoms with Gasteiger partial charge in [0.05, 0.1) is 16.4 Å². The van der Waals surface area contributed by atoms with Gasteiger partial charge in [-0.1, -0.05) is 194 Å². The second kappa shape index (κ2) is 16.2. The van der Waals surface area contributed by atoms with Gasteiger partial charge in [0.1, 0.15) is 0 Å². The molecule has 0 saturated heterocycles. The van der Waals surface area contributed by atoms with Crippen molar-refractivity contribution in [2.24, 2.45) is 0 Å². The highest BCUT2D eigenvalue weighted by atomic mass is 32.1. The van der Waals surface area contributed by atoms with Crippen molar-refractivity contribution >= 4 is 70.4 Å². The van der Waals surface area contributed by atoms with Gasteiger partial charge >= 0.3 is 0 Å². The Morgan fingerprint density at radius 1 is 0.329 bits per heavy atom. The minimum Gasteiger partial charge on any atom is -0.310 e. The fourth-order valence-corrected chi connectivity index (χ4v) is 12.9. The van der Waals surface area contributed by atoms with E-state index in [9.17, 15) is 0 Å².